The highest BCUT2D eigenvalue weighted by molar-refractivity contribution is 5.76. The van der Waals surface area contributed by atoms with E-state index in [2.05, 4.69) is 22.3 Å². The molecule has 1 aliphatic rings. The Morgan fingerprint density at radius 3 is 2.58 bits per heavy atom. The maximum Gasteiger partial charge on any atom is 0.222 e. The normalized spacial score (nSPS) is 17.0. The number of morpholine rings is 1. The molecule has 0 aliphatic carbocycles. The smallest absolute Gasteiger partial charge is 0.222 e. The predicted molar refractivity (Wildman–Crippen MR) is 76.3 cm³/mol. The summed E-state index contributed by atoms with van der Waals surface area (Å²) in [5, 5.41) is 3.21. The topological polar surface area (TPSA) is 67.6 Å². The van der Waals surface area contributed by atoms with E-state index in [1.54, 1.807) is 0 Å². The molecular formula is C14H21N3O2. The summed E-state index contributed by atoms with van der Waals surface area (Å²) in [7, 11) is 0. The number of nitrogens with two attached hydrogens (primary N) is 1. The van der Waals surface area contributed by atoms with Crippen LogP contribution in [0.1, 0.15) is 6.92 Å². The van der Waals surface area contributed by atoms with E-state index in [0.717, 1.165) is 32.0 Å². The first kappa shape index (κ1) is 13.7. The van der Waals surface area contributed by atoms with Crippen molar-refractivity contribution in [3.63, 3.8) is 0 Å². The van der Waals surface area contributed by atoms with E-state index in [-0.39, 0.29) is 11.8 Å². The third kappa shape index (κ3) is 3.86. The fourth-order valence-electron chi connectivity index (χ4n) is 1.98. The Bertz CT molecular complexity index is 413. The lowest BCUT2D eigenvalue weighted by atomic mass is 10.1. The summed E-state index contributed by atoms with van der Waals surface area (Å²) in [6.07, 6.45) is 0. The highest BCUT2D eigenvalue weighted by Gasteiger charge is 2.11. The van der Waals surface area contributed by atoms with E-state index in [0.29, 0.717) is 6.54 Å². The Hall–Kier alpha value is -1.75. The zero-order valence-corrected chi connectivity index (χ0v) is 11.3. The fraction of sp³-hybridized carbons (Fsp3) is 0.500. The van der Waals surface area contributed by atoms with Crippen LogP contribution >= 0.6 is 0 Å². The van der Waals surface area contributed by atoms with Gasteiger partial charge in [-0.3, -0.25) is 4.79 Å². The number of nitrogens with zero attached hydrogens (tertiary/aromatic N) is 1. The Morgan fingerprint density at radius 1 is 1.37 bits per heavy atom. The van der Waals surface area contributed by atoms with Gasteiger partial charge >= 0.3 is 0 Å². The minimum Gasteiger partial charge on any atom is -0.384 e. The number of carbonyl (C=O) groups excluding carboxylic acids is 1. The molecule has 1 saturated heterocycles. The number of rotatable bonds is 5. The third-order valence-corrected chi connectivity index (χ3v) is 3.34. The van der Waals surface area contributed by atoms with Gasteiger partial charge in [-0.25, -0.2) is 0 Å². The van der Waals surface area contributed by atoms with Crippen molar-refractivity contribution in [1.82, 2.24) is 0 Å². The SMILES string of the molecule is CC(CNc1ccc(N2CCOCC2)cc1)C(N)=O. The summed E-state index contributed by atoms with van der Waals surface area (Å²) in [4.78, 5) is 13.2. The minimum absolute atomic E-state index is 0.168. The predicted octanol–water partition coefficient (Wildman–Crippen LogP) is 1.06. The zero-order valence-electron chi connectivity index (χ0n) is 11.3. The van der Waals surface area contributed by atoms with Crippen LogP contribution in [0.5, 0.6) is 0 Å². The van der Waals surface area contributed by atoms with Gasteiger partial charge in [-0.15, -0.1) is 0 Å². The molecule has 1 heterocycles. The van der Waals surface area contributed by atoms with Crippen LogP contribution in [0.25, 0.3) is 0 Å². The first-order valence-electron chi connectivity index (χ1n) is 6.63. The molecule has 104 valence electrons. The Morgan fingerprint density at radius 2 is 2.00 bits per heavy atom. The van der Waals surface area contributed by atoms with Crippen LogP contribution < -0.4 is 16.0 Å². The van der Waals surface area contributed by atoms with Gasteiger partial charge in [0, 0.05) is 31.0 Å². The lowest BCUT2D eigenvalue weighted by Gasteiger charge is -2.29. The Balaban J connectivity index is 1.89. The van der Waals surface area contributed by atoms with Gasteiger partial charge in [-0.05, 0) is 24.3 Å². The van der Waals surface area contributed by atoms with Gasteiger partial charge in [-0.2, -0.15) is 0 Å². The molecule has 2 rings (SSSR count). The molecule has 1 atom stereocenters. The van der Waals surface area contributed by atoms with Crippen LogP contribution in [0.3, 0.4) is 0 Å². The fourth-order valence-corrected chi connectivity index (χ4v) is 1.98. The van der Waals surface area contributed by atoms with E-state index in [9.17, 15) is 4.79 Å². The Labute approximate surface area is 113 Å². The van der Waals surface area contributed by atoms with Crippen molar-refractivity contribution in [1.29, 1.82) is 0 Å². The van der Waals surface area contributed by atoms with Gasteiger partial charge in [0.25, 0.3) is 0 Å². The number of ether oxygens (including phenoxy) is 1. The molecule has 0 radical (unpaired) electrons. The molecule has 1 unspecified atom stereocenters. The van der Waals surface area contributed by atoms with Crippen LogP contribution in [-0.2, 0) is 9.53 Å². The second-order valence-corrected chi connectivity index (χ2v) is 4.83. The van der Waals surface area contributed by atoms with Gasteiger partial charge < -0.3 is 20.7 Å². The largest absolute Gasteiger partial charge is 0.384 e. The summed E-state index contributed by atoms with van der Waals surface area (Å²) >= 11 is 0. The van der Waals surface area contributed by atoms with Crippen LogP contribution in [0.15, 0.2) is 24.3 Å². The van der Waals surface area contributed by atoms with Crippen LogP contribution in [0.4, 0.5) is 11.4 Å². The summed E-state index contributed by atoms with van der Waals surface area (Å²) in [6.45, 7) is 5.83. The molecule has 0 spiro atoms. The van der Waals surface area contributed by atoms with E-state index in [1.807, 2.05) is 19.1 Å². The quantitative estimate of drug-likeness (QED) is 0.833. The van der Waals surface area contributed by atoms with Crippen molar-refractivity contribution in [3.05, 3.63) is 24.3 Å². The molecule has 0 aromatic heterocycles. The number of primary amides is 1. The maximum absolute atomic E-state index is 10.9. The molecular weight excluding hydrogens is 242 g/mol. The summed E-state index contributed by atoms with van der Waals surface area (Å²) in [5.41, 5.74) is 7.43. The molecule has 1 amide bonds. The second kappa shape index (κ2) is 6.43. The highest BCUT2D eigenvalue weighted by Crippen LogP contribution is 2.19. The van der Waals surface area contributed by atoms with Crippen molar-refractivity contribution < 1.29 is 9.53 Å². The first-order chi connectivity index (χ1) is 9.16. The lowest BCUT2D eigenvalue weighted by molar-refractivity contribution is -0.120. The average Bonchev–Trinajstić information content (AvgIpc) is 2.46. The standard InChI is InChI=1S/C14H21N3O2/c1-11(14(15)18)10-16-12-2-4-13(5-3-12)17-6-8-19-9-7-17/h2-5,11,16H,6-10H2,1H3,(H2,15,18). The van der Waals surface area contributed by atoms with Gasteiger partial charge in [-0.1, -0.05) is 6.92 Å². The van der Waals surface area contributed by atoms with E-state index in [4.69, 9.17) is 10.5 Å². The van der Waals surface area contributed by atoms with Crippen molar-refractivity contribution in [2.24, 2.45) is 11.7 Å². The van der Waals surface area contributed by atoms with E-state index in [1.165, 1.54) is 5.69 Å². The van der Waals surface area contributed by atoms with Gasteiger partial charge in [0.15, 0.2) is 0 Å². The number of anilines is 2. The first-order valence-corrected chi connectivity index (χ1v) is 6.63. The number of amides is 1. The number of hydrogen-bond donors (Lipinski definition) is 2. The summed E-state index contributed by atoms with van der Waals surface area (Å²) < 4.78 is 5.33. The van der Waals surface area contributed by atoms with Gasteiger partial charge in [0.1, 0.15) is 0 Å². The molecule has 3 N–H and O–H groups in total. The number of benzene rings is 1. The van der Waals surface area contributed by atoms with Crippen molar-refractivity contribution in [2.45, 2.75) is 6.92 Å². The maximum atomic E-state index is 10.9. The molecule has 19 heavy (non-hydrogen) atoms. The van der Waals surface area contributed by atoms with E-state index < -0.39 is 0 Å². The second-order valence-electron chi connectivity index (χ2n) is 4.83. The third-order valence-electron chi connectivity index (χ3n) is 3.34. The molecule has 1 aliphatic heterocycles. The van der Waals surface area contributed by atoms with Gasteiger partial charge in [0.2, 0.25) is 5.91 Å². The van der Waals surface area contributed by atoms with E-state index >= 15 is 0 Å². The van der Waals surface area contributed by atoms with Crippen molar-refractivity contribution in [3.8, 4) is 0 Å². The van der Waals surface area contributed by atoms with Gasteiger partial charge in [0.05, 0.1) is 19.1 Å². The average molecular weight is 263 g/mol. The summed E-state index contributed by atoms with van der Waals surface area (Å²) in [6, 6.07) is 8.22. The van der Waals surface area contributed by atoms with Crippen molar-refractivity contribution >= 4 is 17.3 Å². The molecule has 0 saturated carbocycles. The van der Waals surface area contributed by atoms with Crippen LogP contribution in [-0.4, -0.2) is 38.8 Å². The summed E-state index contributed by atoms with van der Waals surface area (Å²) in [5.74, 6) is -0.448. The number of hydrogen-bond acceptors (Lipinski definition) is 4. The number of carbonyl (C=O) groups is 1. The molecule has 5 heteroatoms. The molecule has 1 fully saturated rings. The van der Waals surface area contributed by atoms with Crippen LogP contribution in [0, 0.1) is 5.92 Å². The molecule has 1 aromatic carbocycles. The lowest BCUT2D eigenvalue weighted by Crippen LogP contribution is -2.36. The molecule has 0 bridgehead atoms. The van der Waals surface area contributed by atoms with Crippen molar-refractivity contribution in [2.75, 3.05) is 43.1 Å². The minimum atomic E-state index is -0.280. The molecule has 5 nitrogen and oxygen atoms in total. The molecule has 1 aromatic rings. The highest BCUT2D eigenvalue weighted by atomic mass is 16.5. The monoisotopic (exact) mass is 263 g/mol. The zero-order chi connectivity index (χ0) is 13.7. The Kier molecular flexibility index (Phi) is 4.63. The number of nitrogens with one attached hydrogen (secondary N) is 1. The van der Waals surface area contributed by atoms with Crippen LogP contribution in [0.2, 0.25) is 0 Å².